The van der Waals surface area contributed by atoms with Gasteiger partial charge in [0.2, 0.25) is 15.9 Å². The Morgan fingerprint density at radius 2 is 1.95 bits per heavy atom. The normalized spacial score (nSPS) is 12.5. The van der Waals surface area contributed by atoms with Gasteiger partial charge in [-0.25, -0.2) is 8.42 Å². The zero-order valence-electron chi connectivity index (χ0n) is 12.5. The Bertz CT molecular complexity index is 618. The summed E-state index contributed by atoms with van der Waals surface area (Å²) in [6.45, 7) is 5.12. The number of nitrogens with two attached hydrogens (primary N) is 1. The average Bonchev–Trinajstić information content (AvgIpc) is 2.25. The van der Waals surface area contributed by atoms with Crippen molar-refractivity contribution in [2.24, 2.45) is 0 Å². The fraction of sp³-hybridized carbons (Fsp3) is 0.462. The summed E-state index contributed by atoms with van der Waals surface area (Å²) >= 11 is 5.91. The molecule has 8 heteroatoms. The fourth-order valence-electron chi connectivity index (χ4n) is 1.70. The van der Waals surface area contributed by atoms with Crippen LogP contribution >= 0.6 is 11.6 Å². The summed E-state index contributed by atoms with van der Waals surface area (Å²) in [5, 5.41) is 2.72. The minimum atomic E-state index is -3.94. The number of likely N-dealkylation sites (N-methyl/N-ethyl adjacent to an activating group) is 1. The molecule has 0 bridgehead atoms. The van der Waals surface area contributed by atoms with Gasteiger partial charge in [0.15, 0.2) is 0 Å². The van der Waals surface area contributed by atoms with Crippen LogP contribution in [-0.2, 0) is 14.8 Å². The molecule has 0 spiro atoms. The molecule has 0 unspecified atom stereocenters. The minimum Gasteiger partial charge on any atom is -0.398 e. The van der Waals surface area contributed by atoms with Crippen LogP contribution in [0.15, 0.2) is 23.1 Å². The monoisotopic (exact) mass is 333 g/mol. The van der Waals surface area contributed by atoms with E-state index in [1.807, 2.05) is 20.8 Å². The molecule has 21 heavy (non-hydrogen) atoms. The molecule has 0 heterocycles. The lowest BCUT2D eigenvalue weighted by Crippen LogP contribution is -2.46. The van der Waals surface area contributed by atoms with Crippen molar-refractivity contribution in [1.82, 2.24) is 9.62 Å². The molecular weight excluding hydrogens is 314 g/mol. The molecule has 0 saturated carbocycles. The predicted molar refractivity (Wildman–Crippen MR) is 83.6 cm³/mol. The van der Waals surface area contributed by atoms with Crippen molar-refractivity contribution in [2.75, 3.05) is 19.3 Å². The highest BCUT2D eigenvalue weighted by Gasteiger charge is 2.28. The van der Waals surface area contributed by atoms with Gasteiger partial charge in [0.25, 0.3) is 0 Å². The van der Waals surface area contributed by atoms with E-state index in [2.05, 4.69) is 5.32 Å². The molecule has 0 radical (unpaired) electrons. The molecule has 0 aliphatic heterocycles. The maximum absolute atomic E-state index is 12.5. The standard InChI is InChI=1S/C13H20ClN3O3S/c1-13(2,3)16-11(18)8-17(4)21(19,20)12-9(14)6-5-7-10(12)15/h5-7H,8,15H2,1-4H3,(H,16,18). The quantitative estimate of drug-likeness (QED) is 0.816. The van der Waals surface area contributed by atoms with E-state index < -0.39 is 21.5 Å². The van der Waals surface area contributed by atoms with Crippen molar-refractivity contribution < 1.29 is 13.2 Å². The lowest BCUT2D eigenvalue weighted by Gasteiger charge is -2.23. The van der Waals surface area contributed by atoms with Crippen molar-refractivity contribution in [3.63, 3.8) is 0 Å². The number of sulfonamides is 1. The van der Waals surface area contributed by atoms with Gasteiger partial charge in [0, 0.05) is 12.6 Å². The van der Waals surface area contributed by atoms with Gasteiger partial charge in [-0.15, -0.1) is 0 Å². The molecule has 0 aromatic heterocycles. The second-order valence-corrected chi connectivity index (χ2v) is 8.11. The molecule has 0 saturated heterocycles. The van der Waals surface area contributed by atoms with Gasteiger partial charge in [-0.1, -0.05) is 17.7 Å². The Morgan fingerprint density at radius 3 is 2.43 bits per heavy atom. The summed E-state index contributed by atoms with van der Waals surface area (Å²) in [6, 6.07) is 4.44. The lowest BCUT2D eigenvalue weighted by atomic mass is 10.1. The van der Waals surface area contributed by atoms with Gasteiger partial charge < -0.3 is 11.1 Å². The number of carbonyl (C=O) groups excluding carboxylic acids is 1. The molecular formula is C13H20ClN3O3S. The number of amides is 1. The Morgan fingerprint density at radius 1 is 1.38 bits per heavy atom. The molecule has 1 amide bonds. The van der Waals surface area contributed by atoms with Crippen LogP contribution in [0, 0.1) is 0 Å². The first-order valence-electron chi connectivity index (χ1n) is 6.26. The van der Waals surface area contributed by atoms with E-state index in [1.165, 1.54) is 19.2 Å². The lowest BCUT2D eigenvalue weighted by molar-refractivity contribution is -0.122. The fourth-order valence-corrected chi connectivity index (χ4v) is 3.45. The molecule has 0 atom stereocenters. The first-order valence-corrected chi connectivity index (χ1v) is 8.08. The van der Waals surface area contributed by atoms with Crippen molar-refractivity contribution in [2.45, 2.75) is 31.2 Å². The maximum atomic E-state index is 12.5. The summed E-state index contributed by atoms with van der Waals surface area (Å²) in [7, 11) is -2.63. The number of halogens is 1. The van der Waals surface area contributed by atoms with Gasteiger partial charge in [0.1, 0.15) is 4.90 Å². The van der Waals surface area contributed by atoms with E-state index in [0.717, 1.165) is 4.31 Å². The van der Waals surface area contributed by atoms with Gasteiger partial charge in [-0.2, -0.15) is 4.31 Å². The van der Waals surface area contributed by atoms with E-state index in [-0.39, 0.29) is 22.2 Å². The van der Waals surface area contributed by atoms with Crippen LogP contribution in [0.2, 0.25) is 5.02 Å². The average molecular weight is 334 g/mol. The van der Waals surface area contributed by atoms with Gasteiger partial charge >= 0.3 is 0 Å². The number of benzene rings is 1. The molecule has 1 rings (SSSR count). The summed E-state index contributed by atoms with van der Waals surface area (Å²) < 4.78 is 25.8. The predicted octanol–water partition coefficient (Wildman–Crippen LogP) is 1.46. The second kappa shape index (κ2) is 6.21. The first-order chi connectivity index (χ1) is 9.45. The van der Waals surface area contributed by atoms with E-state index in [1.54, 1.807) is 6.07 Å². The van der Waals surface area contributed by atoms with Crippen molar-refractivity contribution in [3.8, 4) is 0 Å². The van der Waals surface area contributed by atoms with Crippen LogP contribution in [0.25, 0.3) is 0 Å². The number of nitrogens with one attached hydrogen (secondary N) is 1. The van der Waals surface area contributed by atoms with E-state index in [0.29, 0.717) is 0 Å². The molecule has 0 aliphatic rings. The summed E-state index contributed by atoms with van der Waals surface area (Å²) in [6.07, 6.45) is 0. The molecule has 6 nitrogen and oxygen atoms in total. The number of nitrogen functional groups attached to an aromatic ring is 1. The van der Waals surface area contributed by atoms with Crippen LogP contribution < -0.4 is 11.1 Å². The number of rotatable bonds is 4. The highest BCUT2D eigenvalue weighted by atomic mass is 35.5. The van der Waals surface area contributed by atoms with E-state index in [4.69, 9.17) is 17.3 Å². The van der Waals surface area contributed by atoms with Crippen LogP contribution in [0.4, 0.5) is 5.69 Å². The number of anilines is 1. The number of hydrogen-bond acceptors (Lipinski definition) is 4. The maximum Gasteiger partial charge on any atom is 0.246 e. The molecule has 1 aromatic rings. The minimum absolute atomic E-state index is 0.0260. The number of hydrogen-bond donors (Lipinski definition) is 2. The zero-order chi connectivity index (χ0) is 16.4. The van der Waals surface area contributed by atoms with Gasteiger partial charge in [-0.3, -0.25) is 4.79 Å². The Hall–Kier alpha value is -1.31. The van der Waals surface area contributed by atoms with Crippen LogP contribution in [-0.4, -0.2) is 37.8 Å². The summed E-state index contributed by atoms with van der Waals surface area (Å²) in [4.78, 5) is 11.7. The Labute approximate surface area is 130 Å². The second-order valence-electron chi connectivity index (χ2n) is 5.72. The summed E-state index contributed by atoms with van der Waals surface area (Å²) in [5.41, 5.74) is 5.29. The topological polar surface area (TPSA) is 92.5 Å². The van der Waals surface area contributed by atoms with Crippen LogP contribution in [0.3, 0.4) is 0 Å². The number of nitrogens with zero attached hydrogens (tertiary/aromatic N) is 1. The third-order valence-electron chi connectivity index (χ3n) is 2.55. The van der Waals surface area contributed by atoms with Crippen LogP contribution in [0.1, 0.15) is 20.8 Å². The highest BCUT2D eigenvalue weighted by Crippen LogP contribution is 2.29. The van der Waals surface area contributed by atoms with Crippen LogP contribution in [0.5, 0.6) is 0 Å². The van der Waals surface area contributed by atoms with Gasteiger partial charge in [0.05, 0.1) is 17.3 Å². The van der Waals surface area contributed by atoms with Crippen molar-refractivity contribution >= 4 is 33.2 Å². The van der Waals surface area contributed by atoms with Crippen molar-refractivity contribution in [3.05, 3.63) is 23.2 Å². The SMILES string of the molecule is CN(CC(=O)NC(C)(C)C)S(=O)(=O)c1c(N)cccc1Cl. The Kier molecular flexibility index (Phi) is 5.25. The molecule has 1 aromatic carbocycles. The first kappa shape index (κ1) is 17.7. The molecule has 118 valence electrons. The summed E-state index contributed by atoms with van der Waals surface area (Å²) in [5.74, 6) is -0.404. The third kappa shape index (κ3) is 4.59. The van der Waals surface area contributed by atoms with Gasteiger partial charge in [-0.05, 0) is 32.9 Å². The highest BCUT2D eigenvalue weighted by molar-refractivity contribution is 7.89. The van der Waals surface area contributed by atoms with E-state index in [9.17, 15) is 13.2 Å². The molecule has 0 fully saturated rings. The molecule has 3 N–H and O–H groups in total. The third-order valence-corrected chi connectivity index (χ3v) is 4.89. The number of carbonyl (C=O) groups is 1. The largest absolute Gasteiger partial charge is 0.398 e. The van der Waals surface area contributed by atoms with Crippen molar-refractivity contribution in [1.29, 1.82) is 0 Å². The molecule has 0 aliphatic carbocycles. The zero-order valence-corrected chi connectivity index (χ0v) is 14.0. The Balaban J connectivity index is 3.01. The van der Waals surface area contributed by atoms with E-state index >= 15 is 0 Å². The smallest absolute Gasteiger partial charge is 0.246 e.